The SMILES string of the molecule is C.[SiH3]C1([Si](c2ccccc2)(c2ccccc2)C2CCCCO2)CCCCO1. The number of hydrogen-bond donors (Lipinski definition) is 0. The Bertz CT molecular complexity index is 653. The Kier molecular flexibility index (Phi) is 6.74. The summed E-state index contributed by atoms with van der Waals surface area (Å²) in [6.07, 6.45) is 7.31. The van der Waals surface area contributed by atoms with Gasteiger partial charge in [0.15, 0.2) is 8.07 Å². The Balaban J connectivity index is 0.00000210. The highest BCUT2D eigenvalue weighted by Gasteiger charge is 2.59. The van der Waals surface area contributed by atoms with Crippen molar-refractivity contribution in [3.05, 3.63) is 60.7 Å². The minimum Gasteiger partial charge on any atom is -0.382 e. The fourth-order valence-electron chi connectivity index (χ4n) is 5.22. The Labute approximate surface area is 168 Å². The number of ether oxygens (including phenoxy) is 2. The summed E-state index contributed by atoms with van der Waals surface area (Å²) in [4.78, 5) is 0.00988. The second-order valence-corrected chi connectivity index (χ2v) is 15.0. The van der Waals surface area contributed by atoms with Crippen molar-refractivity contribution in [3.8, 4) is 0 Å². The molecule has 2 atom stereocenters. The van der Waals surface area contributed by atoms with Crippen LogP contribution in [0.3, 0.4) is 0 Å². The van der Waals surface area contributed by atoms with Crippen LogP contribution in [0.4, 0.5) is 0 Å². The van der Waals surface area contributed by atoms with Crippen LogP contribution in [0.1, 0.15) is 46.0 Å². The maximum atomic E-state index is 6.74. The van der Waals surface area contributed by atoms with Crippen LogP contribution in [-0.4, -0.2) is 42.1 Å². The highest BCUT2D eigenvalue weighted by Crippen LogP contribution is 2.37. The Morgan fingerprint density at radius 3 is 1.89 bits per heavy atom. The molecule has 0 amide bonds. The second-order valence-electron chi connectivity index (χ2n) is 7.93. The Morgan fingerprint density at radius 2 is 1.41 bits per heavy atom. The predicted molar refractivity (Wildman–Crippen MR) is 121 cm³/mol. The standard InChI is InChI=1S/C22H30O2Si2.CH4/c25-22(16-8-10-18-24-22)26(19-11-3-1-4-12-19,20-13-5-2-6-14-20)21-15-7-9-17-23-21;/h1-6,11-14,21H,7-10,15-18H2,25H3;1H4. The van der Waals surface area contributed by atoms with E-state index in [2.05, 4.69) is 60.7 Å². The summed E-state index contributed by atoms with van der Waals surface area (Å²) in [6.45, 7) is 1.81. The zero-order valence-corrected chi connectivity index (χ0v) is 18.8. The summed E-state index contributed by atoms with van der Waals surface area (Å²) in [5.41, 5.74) is 0.316. The zero-order chi connectivity index (χ0) is 17.9. The molecule has 27 heavy (non-hydrogen) atoms. The summed E-state index contributed by atoms with van der Waals surface area (Å²) >= 11 is 0. The van der Waals surface area contributed by atoms with Gasteiger partial charge in [0.05, 0.1) is 10.6 Å². The highest BCUT2D eigenvalue weighted by molar-refractivity contribution is 7.08. The first-order valence-electron chi connectivity index (χ1n) is 10.1. The van der Waals surface area contributed by atoms with Gasteiger partial charge in [-0.1, -0.05) is 68.1 Å². The maximum absolute atomic E-state index is 6.74. The molecule has 2 saturated heterocycles. The van der Waals surface area contributed by atoms with Crippen molar-refractivity contribution < 1.29 is 9.47 Å². The first-order valence-corrected chi connectivity index (χ1v) is 13.2. The van der Waals surface area contributed by atoms with Crippen LogP contribution in [-0.2, 0) is 9.47 Å². The van der Waals surface area contributed by atoms with E-state index in [1.807, 2.05) is 0 Å². The lowest BCUT2D eigenvalue weighted by molar-refractivity contribution is 0.0120. The molecule has 0 N–H and O–H groups in total. The van der Waals surface area contributed by atoms with Gasteiger partial charge in [-0.25, -0.2) is 0 Å². The molecule has 2 unspecified atom stereocenters. The van der Waals surface area contributed by atoms with Crippen molar-refractivity contribution in [1.82, 2.24) is 0 Å². The molecule has 0 spiro atoms. The van der Waals surface area contributed by atoms with Crippen LogP contribution in [0.2, 0.25) is 0 Å². The van der Waals surface area contributed by atoms with Crippen LogP contribution < -0.4 is 10.4 Å². The van der Waals surface area contributed by atoms with Gasteiger partial charge in [0.2, 0.25) is 0 Å². The van der Waals surface area contributed by atoms with E-state index in [0.29, 0.717) is 5.73 Å². The monoisotopic (exact) mass is 398 g/mol. The van der Waals surface area contributed by atoms with Crippen molar-refractivity contribution in [2.75, 3.05) is 13.2 Å². The maximum Gasteiger partial charge on any atom is 0.177 e. The van der Waals surface area contributed by atoms with E-state index in [1.54, 1.807) is 0 Å². The first kappa shape index (κ1) is 20.5. The lowest BCUT2D eigenvalue weighted by Crippen LogP contribution is -2.81. The van der Waals surface area contributed by atoms with Crippen molar-refractivity contribution in [3.63, 3.8) is 0 Å². The molecule has 0 saturated carbocycles. The number of benzene rings is 2. The van der Waals surface area contributed by atoms with Gasteiger partial charge >= 0.3 is 0 Å². The topological polar surface area (TPSA) is 18.5 Å². The van der Waals surface area contributed by atoms with E-state index in [1.165, 1.54) is 48.9 Å². The van der Waals surface area contributed by atoms with Crippen molar-refractivity contribution in [2.24, 2.45) is 0 Å². The molecule has 2 nitrogen and oxygen atoms in total. The van der Waals surface area contributed by atoms with Crippen LogP contribution in [0.15, 0.2) is 60.7 Å². The van der Waals surface area contributed by atoms with E-state index < -0.39 is 8.07 Å². The summed E-state index contributed by atoms with van der Waals surface area (Å²) in [5, 5.41) is 2.99. The van der Waals surface area contributed by atoms with Gasteiger partial charge in [-0.05, 0) is 48.9 Å². The van der Waals surface area contributed by atoms with Gasteiger partial charge in [-0.15, -0.1) is 0 Å². The van der Waals surface area contributed by atoms with Crippen molar-refractivity contribution in [1.29, 1.82) is 0 Å². The molecule has 2 fully saturated rings. The minimum atomic E-state index is -2.25. The molecule has 2 heterocycles. The third-order valence-corrected chi connectivity index (χ3v) is 15.6. The fraction of sp³-hybridized carbons (Fsp3) is 0.478. The average Bonchev–Trinajstić information content (AvgIpc) is 2.71. The summed E-state index contributed by atoms with van der Waals surface area (Å²) in [6, 6.07) is 22.5. The molecule has 0 bridgehead atoms. The van der Waals surface area contributed by atoms with E-state index in [-0.39, 0.29) is 12.3 Å². The lowest BCUT2D eigenvalue weighted by Gasteiger charge is -2.54. The molecule has 146 valence electrons. The normalized spacial score (nSPS) is 26.3. The second kappa shape index (κ2) is 8.86. The third-order valence-electron chi connectivity index (χ3n) is 6.42. The van der Waals surface area contributed by atoms with Crippen LogP contribution >= 0.6 is 0 Å². The lowest BCUT2D eigenvalue weighted by atomic mass is 10.2. The number of rotatable bonds is 4. The minimum absolute atomic E-state index is 0. The van der Waals surface area contributed by atoms with Gasteiger partial charge in [0, 0.05) is 23.5 Å². The molecular formula is C23H34O2Si2. The van der Waals surface area contributed by atoms with Crippen LogP contribution in [0.25, 0.3) is 0 Å². The fourth-order valence-corrected chi connectivity index (χ4v) is 14.8. The molecular weight excluding hydrogens is 364 g/mol. The summed E-state index contributed by atoms with van der Waals surface area (Å²) in [7, 11) is -1.20. The zero-order valence-electron chi connectivity index (χ0n) is 15.8. The molecule has 0 aliphatic carbocycles. The summed E-state index contributed by atoms with van der Waals surface area (Å²) < 4.78 is 13.3. The molecule has 2 aliphatic rings. The molecule has 2 aromatic rings. The van der Waals surface area contributed by atoms with Gasteiger partial charge < -0.3 is 9.47 Å². The van der Waals surface area contributed by atoms with Gasteiger partial charge in [0.25, 0.3) is 0 Å². The highest BCUT2D eigenvalue weighted by atomic mass is 28.4. The van der Waals surface area contributed by atoms with Crippen LogP contribution in [0.5, 0.6) is 0 Å². The average molecular weight is 399 g/mol. The largest absolute Gasteiger partial charge is 0.382 e. The van der Waals surface area contributed by atoms with E-state index in [9.17, 15) is 0 Å². The summed E-state index contributed by atoms with van der Waals surface area (Å²) in [5.74, 6) is 0. The predicted octanol–water partition coefficient (Wildman–Crippen LogP) is 2.80. The molecule has 0 aromatic heterocycles. The number of hydrogen-bond acceptors (Lipinski definition) is 2. The smallest absolute Gasteiger partial charge is 0.177 e. The third kappa shape index (κ3) is 3.60. The van der Waals surface area contributed by atoms with Gasteiger partial charge in [-0.3, -0.25) is 0 Å². The van der Waals surface area contributed by atoms with Gasteiger partial charge in [-0.2, -0.15) is 0 Å². The van der Waals surface area contributed by atoms with E-state index in [4.69, 9.17) is 9.47 Å². The van der Waals surface area contributed by atoms with Gasteiger partial charge in [0.1, 0.15) is 0 Å². The molecule has 2 aromatic carbocycles. The van der Waals surface area contributed by atoms with Crippen molar-refractivity contribution >= 4 is 28.7 Å². The van der Waals surface area contributed by atoms with E-state index in [0.717, 1.165) is 23.5 Å². The molecule has 0 radical (unpaired) electrons. The first-order chi connectivity index (χ1) is 12.8. The molecule has 4 heteroatoms. The van der Waals surface area contributed by atoms with Crippen LogP contribution in [0, 0.1) is 0 Å². The van der Waals surface area contributed by atoms with Crippen molar-refractivity contribution in [2.45, 2.75) is 56.5 Å². The quantitative estimate of drug-likeness (QED) is 0.738. The van der Waals surface area contributed by atoms with E-state index >= 15 is 0 Å². The Morgan fingerprint density at radius 1 is 0.815 bits per heavy atom. The molecule has 4 rings (SSSR count). The molecule has 2 aliphatic heterocycles. The Hall–Kier alpha value is -1.21.